The summed E-state index contributed by atoms with van der Waals surface area (Å²) in [6.07, 6.45) is 8.69. The van der Waals surface area contributed by atoms with Gasteiger partial charge in [0.25, 0.3) is 0 Å². The first-order chi connectivity index (χ1) is 12.0. The Morgan fingerprint density at radius 1 is 0.960 bits per heavy atom. The third-order valence-corrected chi connectivity index (χ3v) is 6.54. The van der Waals surface area contributed by atoms with Crippen LogP contribution in [0.5, 0.6) is 0 Å². The second-order valence-electron chi connectivity index (χ2n) is 6.60. The summed E-state index contributed by atoms with van der Waals surface area (Å²) in [4.78, 5) is 0.386. The Labute approximate surface area is 158 Å². The van der Waals surface area contributed by atoms with Gasteiger partial charge in [-0.2, -0.15) is 0 Å². The van der Waals surface area contributed by atoms with Crippen LogP contribution in [0.3, 0.4) is 0 Å². The van der Waals surface area contributed by atoms with Crippen LogP contribution in [0, 0.1) is 6.92 Å². The average Bonchev–Trinajstić information content (AvgIpc) is 2.58. The first-order valence-corrected chi connectivity index (χ1v) is 11.4. The highest BCUT2D eigenvalue weighted by Crippen LogP contribution is 2.21. The number of hydrogen-bond acceptors (Lipinski definition) is 4. The molecule has 0 atom stereocenters. The molecule has 0 aromatic heterocycles. The van der Waals surface area contributed by atoms with Gasteiger partial charge in [-0.3, -0.25) is 0 Å². The SMILES string of the molecule is Cc1cc(S(=O)(=O)CCCCCCCCCNCCCN)ccc1Cl. The van der Waals surface area contributed by atoms with Crippen LogP contribution in [0.25, 0.3) is 0 Å². The van der Waals surface area contributed by atoms with Crippen LogP contribution in [0.2, 0.25) is 5.02 Å². The number of benzene rings is 1. The zero-order valence-electron chi connectivity index (χ0n) is 15.4. The smallest absolute Gasteiger partial charge is 0.178 e. The summed E-state index contributed by atoms with van der Waals surface area (Å²) < 4.78 is 24.6. The third-order valence-electron chi connectivity index (χ3n) is 4.31. The minimum absolute atomic E-state index is 0.221. The molecule has 0 aliphatic carbocycles. The van der Waals surface area contributed by atoms with Gasteiger partial charge in [-0.15, -0.1) is 0 Å². The summed E-state index contributed by atoms with van der Waals surface area (Å²) in [5.74, 6) is 0.221. The summed E-state index contributed by atoms with van der Waals surface area (Å²) in [7, 11) is -3.19. The van der Waals surface area contributed by atoms with Gasteiger partial charge in [0.15, 0.2) is 9.84 Å². The molecule has 0 saturated carbocycles. The summed E-state index contributed by atoms with van der Waals surface area (Å²) in [6.45, 7) is 4.66. The van der Waals surface area contributed by atoms with Gasteiger partial charge in [0.05, 0.1) is 10.6 Å². The number of nitrogens with one attached hydrogen (secondary N) is 1. The molecule has 0 amide bonds. The van der Waals surface area contributed by atoms with E-state index in [2.05, 4.69) is 5.32 Å². The first-order valence-electron chi connectivity index (χ1n) is 9.37. The van der Waals surface area contributed by atoms with Crippen LogP contribution in [-0.4, -0.2) is 33.8 Å². The van der Waals surface area contributed by atoms with E-state index in [4.69, 9.17) is 17.3 Å². The molecule has 0 spiro atoms. The van der Waals surface area contributed by atoms with Crippen LogP contribution < -0.4 is 11.1 Å². The fourth-order valence-corrected chi connectivity index (χ4v) is 4.28. The fourth-order valence-electron chi connectivity index (χ4n) is 2.71. The highest BCUT2D eigenvalue weighted by Gasteiger charge is 2.14. The second-order valence-corrected chi connectivity index (χ2v) is 9.11. The molecule has 0 aliphatic rings. The summed E-state index contributed by atoms with van der Waals surface area (Å²) in [5, 5.41) is 3.99. The van der Waals surface area contributed by atoms with E-state index in [-0.39, 0.29) is 5.75 Å². The minimum Gasteiger partial charge on any atom is -0.330 e. The minimum atomic E-state index is -3.19. The van der Waals surface area contributed by atoms with Gasteiger partial charge >= 0.3 is 0 Å². The number of aryl methyl sites for hydroxylation is 1. The van der Waals surface area contributed by atoms with Gasteiger partial charge in [0.1, 0.15) is 0 Å². The van der Waals surface area contributed by atoms with Crippen LogP contribution in [0.1, 0.15) is 56.9 Å². The Balaban J connectivity index is 2.08. The van der Waals surface area contributed by atoms with Gasteiger partial charge in [-0.05, 0) is 69.6 Å². The Morgan fingerprint density at radius 2 is 1.56 bits per heavy atom. The number of rotatable bonds is 14. The molecule has 144 valence electrons. The van der Waals surface area contributed by atoms with Crippen molar-refractivity contribution >= 4 is 21.4 Å². The monoisotopic (exact) mass is 388 g/mol. The Morgan fingerprint density at radius 3 is 2.20 bits per heavy atom. The molecule has 4 nitrogen and oxygen atoms in total. The molecule has 6 heteroatoms. The van der Waals surface area contributed by atoms with E-state index in [1.807, 2.05) is 6.92 Å². The predicted molar refractivity (Wildman–Crippen MR) is 107 cm³/mol. The predicted octanol–water partition coefficient (Wildman–Crippen LogP) is 4.09. The maximum atomic E-state index is 12.3. The molecule has 3 N–H and O–H groups in total. The molecule has 1 aromatic carbocycles. The second kappa shape index (κ2) is 12.7. The van der Waals surface area contributed by atoms with Crippen molar-refractivity contribution in [2.75, 3.05) is 25.4 Å². The summed E-state index contributed by atoms with van der Waals surface area (Å²) in [5.41, 5.74) is 6.24. The van der Waals surface area contributed by atoms with Crippen LogP contribution >= 0.6 is 11.6 Å². The van der Waals surface area contributed by atoms with Crippen LogP contribution in [0.4, 0.5) is 0 Å². The van der Waals surface area contributed by atoms with E-state index in [1.54, 1.807) is 18.2 Å². The van der Waals surface area contributed by atoms with E-state index in [0.29, 0.717) is 9.92 Å². The molecular weight excluding hydrogens is 356 g/mol. The van der Waals surface area contributed by atoms with Gasteiger partial charge in [0, 0.05) is 5.02 Å². The van der Waals surface area contributed by atoms with E-state index in [0.717, 1.165) is 50.9 Å². The first kappa shape index (κ1) is 22.4. The molecule has 1 rings (SSSR count). The quantitative estimate of drug-likeness (QED) is 0.471. The fraction of sp³-hybridized carbons (Fsp3) is 0.684. The molecule has 0 bridgehead atoms. The van der Waals surface area contributed by atoms with Gasteiger partial charge in [-0.1, -0.05) is 43.7 Å². The van der Waals surface area contributed by atoms with Crippen molar-refractivity contribution in [1.82, 2.24) is 5.32 Å². The van der Waals surface area contributed by atoms with E-state index >= 15 is 0 Å². The molecule has 0 heterocycles. The molecule has 25 heavy (non-hydrogen) atoms. The molecule has 0 aliphatic heterocycles. The van der Waals surface area contributed by atoms with Crippen LogP contribution in [-0.2, 0) is 9.84 Å². The van der Waals surface area contributed by atoms with Crippen molar-refractivity contribution in [3.8, 4) is 0 Å². The normalized spacial score (nSPS) is 11.8. The largest absolute Gasteiger partial charge is 0.330 e. The Bertz CT molecular complexity index is 591. The topological polar surface area (TPSA) is 72.2 Å². The lowest BCUT2D eigenvalue weighted by Crippen LogP contribution is -2.19. The zero-order valence-corrected chi connectivity index (χ0v) is 17.0. The van der Waals surface area contributed by atoms with Crippen molar-refractivity contribution in [2.24, 2.45) is 5.73 Å². The number of sulfone groups is 1. The number of unbranched alkanes of at least 4 members (excludes halogenated alkanes) is 6. The van der Waals surface area contributed by atoms with Crippen molar-refractivity contribution in [2.45, 2.75) is 63.2 Å². The molecule has 0 saturated heterocycles. The van der Waals surface area contributed by atoms with Gasteiger partial charge in [0.2, 0.25) is 0 Å². The van der Waals surface area contributed by atoms with Gasteiger partial charge < -0.3 is 11.1 Å². The maximum Gasteiger partial charge on any atom is 0.178 e. The Hall–Kier alpha value is -0.620. The number of nitrogens with two attached hydrogens (primary N) is 1. The van der Waals surface area contributed by atoms with E-state index in [9.17, 15) is 8.42 Å². The molecule has 0 fully saturated rings. The van der Waals surface area contributed by atoms with Crippen molar-refractivity contribution in [1.29, 1.82) is 0 Å². The lowest BCUT2D eigenvalue weighted by Gasteiger charge is -2.07. The van der Waals surface area contributed by atoms with E-state index in [1.165, 1.54) is 25.7 Å². The summed E-state index contributed by atoms with van der Waals surface area (Å²) in [6, 6.07) is 4.93. The number of hydrogen-bond donors (Lipinski definition) is 2. The molecule has 1 aromatic rings. The van der Waals surface area contributed by atoms with Crippen molar-refractivity contribution in [3.63, 3.8) is 0 Å². The van der Waals surface area contributed by atoms with Crippen molar-refractivity contribution < 1.29 is 8.42 Å². The highest BCUT2D eigenvalue weighted by molar-refractivity contribution is 7.91. The van der Waals surface area contributed by atoms with Crippen LogP contribution in [0.15, 0.2) is 23.1 Å². The lowest BCUT2D eigenvalue weighted by atomic mass is 10.1. The lowest BCUT2D eigenvalue weighted by molar-refractivity contribution is 0.555. The Kier molecular flexibility index (Phi) is 11.4. The molecular formula is C19H33ClN2O2S. The van der Waals surface area contributed by atoms with Crippen molar-refractivity contribution in [3.05, 3.63) is 28.8 Å². The third kappa shape index (κ3) is 9.59. The number of halogens is 1. The van der Waals surface area contributed by atoms with E-state index < -0.39 is 9.84 Å². The summed E-state index contributed by atoms with van der Waals surface area (Å²) >= 11 is 5.96. The molecule has 0 unspecified atom stereocenters. The van der Waals surface area contributed by atoms with Gasteiger partial charge in [-0.25, -0.2) is 8.42 Å². The maximum absolute atomic E-state index is 12.3. The highest BCUT2D eigenvalue weighted by atomic mass is 35.5. The average molecular weight is 389 g/mol. The molecule has 0 radical (unpaired) electrons. The zero-order chi connectivity index (χ0) is 18.5. The standard InChI is InChI=1S/C19H33ClN2O2S/c1-17-16-18(10-11-19(17)20)25(23,24)15-8-6-4-2-3-5-7-13-22-14-9-12-21/h10-11,16,22H,2-9,12-15,21H2,1H3.